The Morgan fingerprint density at radius 2 is 2.20 bits per heavy atom. The number of hydrogen-bond donors (Lipinski definition) is 0. The normalized spacial score (nSPS) is 11.5. The molecule has 0 aromatic carbocycles. The average molecular weight is 167 g/mol. The van der Waals surface area contributed by atoms with E-state index in [-0.39, 0.29) is 5.75 Å². The van der Waals surface area contributed by atoms with Crippen molar-refractivity contribution in [1.82, 2.24) is 0 Å². The molecule has 0 aliphatic carbocycles. The quantitative estimate of drug-likeness (QED) is 0.624. The van der Waals surface area contributed by atoms with Gasteiger partial charge in [0.1, 0.15) is 5.75 Å². The molecular formula is C5H2F3OS. The molecule has 55 valence electrons. The smallest absolute Gasteiger partial charge is 0.404 e. The van der Waals surface area contributed by atoms with Gasteiger partial charge in [0.25, 0.3) is 0 Å². The number of thiophene rings is 1. The average Bonchev–Trinajstić information content (AvgIpc) is 2.12. The largest absolute Gasteiger partial charge is 0.573 e. The first-order valence-corrected chi connectivity index (χ1v) is 3.22. The first-order valence-electron chi connectivity index (χ1n) is 2.27. The molecule has 1 aromatic rings. The molecule has 1 aromatic heterocycles. The van der Waals surface area contributed by atoms with Crippen LogP contribution in [0, 0.1) is 6.07 Å². The summed E-state index contributed by atoms with van der Waals surface area (Å²) in [5.41, 5.74) is 0. The summed E-state index contributed by atoms with van der Waals surface area (Å²) in [5, 5.41) is 2.62. The molecule has 1 rings (SSSR count). The lowest BCUT2D eigenvalue weighted by atomic mass is 10.6. The van der Waals surface area contributed by atoms with Crippen LogP contribution in [0.3, 0.4) is 0 Å². The first-order chi connectivity index (χ1) is 4.58. The van der Waals surface area contributed by atoms with Crippen LogP contribution in [0.2, 0.25) is 0 Å². The van der Waals surface area contributed by atoms with Crippen LogP contribution in [0.15, 0.2) is 10.8 Å². The Morgan fingerprint density at radius 3 is 2.60 bits per heavy atom. The van der Waals surface area contributed by atoms with Gasteiger partial charge in [0.2, 0.25) is 0 Å². The number of hydrogen-bond acceptors (Lipinski definition) is 2. The summed E-state index contributed by atoms with van der Waals surface area (Å²) < 4.78 is 37.6. The molecule has 0 saturated heterocycles. The van der Waals surface area contributed by atoms with Crippen molar-refractivity contribution < 1.29 is 17.9 Å². The van der Waals surface area contributed by atoms with Crippen molar-refractivity contribution in [2.24, 2.45) is 0 Å². The topological polar surface area (TPSA) is 9.23 Å². The number of ether oxygens (including phenoxy) is 1. The fourth-order valence-electron chi connectivity index (χ4n) is 0.400. The lowest BCUT2D eigenvalue weighted by Crippen LogP contribution is -2.16. The zero-order valence-corrected chi connectivity index (χ0v) is 5.42. The van der Waals surface area contributed by atoms with E-state index in [0.717, 1.165) is 11.3 Å². The maximum Gasteiger partial charge on any atom is 0.573 e. The Labute approximate surface area is 59.0 Å². The summed E-state index contributed by atoms with van der Waals surface area (Å²) in [6.45, 7) is 0. The molecule has 0 aliphatic heterocycles. The van der Waals surface area contributed by atoms with Crippen LogP contribution in [0.25, 0.3) is 0 Å². The van der Waals surface area contributed by atoms with Gasteiger partial charge in [-0.05, 0) is 0 Å². The van der Waals surface area contributed by atoms with E-state index in [1.54, 1.807) is 0 Å². The second-order valence-corrected chi connectivity index (χ2v) is 2.17. The Bertz CT molecular complexity index is 191. The van der Waals surface area contributed by atoms with E-state index in [4.69, 9.17) is 0 Å². The fraction of sp³-hybridized carbons (Fsp3) is 0.200. The molecule has 1 heterocycles. The Balaban J connectivity index is 2.57. The first kappa shape index (κ1) is 7.40. The Hall–Kier alpha value is -0.710. The summed E-state index contributed by atoms with van der Waals surface area (Å²) >= 11 is 1.10. The van der Waals surface area contributed by atoms with Crippen molar-refractivity contribution >= 4 is 11.3 Å². The maximum atomic E-state index is 11.4. The summed E-state index contributed by atoms with van der Waals surface area (Å²) in [4.78, 5) is 0. The van der Waals surface area contributed by atoms with Crippen LogP contribution in [-0.2, 0) is 0 Å². The number of alkyl halides is 3. The minimum Gasteiger partial charge on any atom is -0.404 e. The van der Waals surface area contributed by atoms with Gasteiger partial charge < -0.3 is 4.74 Å². The van der Waals surface area contributed by atoms with Crippen molar-refractivity contribution in [1.29, 1.82) is 0 Å². The van der Waals surface area contributed by atoms with Crippen LogP contribution in [0.1, 0.15) is 0 Å². The Morgan fingerprint density at radius 1 is 1.50 bits per heavy atom. The number of halogens is 3. The van der Waals surface area contributed by atoms with E-state index in [2.05, 4.69) is 10.8 Å². The maximum absolute atomic E-state index is 11.4. The van der Waals surface area contributed by atoms with Gasteiger partial charge in [-0.3, -0.25) is 0 Å². The lowest BCUT2D eigenvalue weighted by Gasteiger charge is -2.04. The van der Waals surface area contributed by atoms with E-state index in [1.165, 1.54) is 10.8 Å². The van der Waals surface area contributed by atoms with Gasteiger partial charge in [0, 0.05) is 16.8 Å². The second-order valence-electron chi connectivity index (χ2n) is 1.43. The van der Waals surface area contributed by atoms with E-state index in [9.17, 15) is 13.2 Å². The molecule has 0 aliphatic rings. The van der Waals surface area contributed by atoms with Gasteiger partial charge in [-0.2, -0.15) is 0 Å². The molecule has 0 N–H and O–H groups in total. The van der Waals surface area contributed by atoms with Crippen LogP contribution >= 0.6 is 11.3 Å². The highest BCUT2D eigenvalue weighted by molar-refractivity contribution is 7.08. The summed E-state index contributed by atoms with van der Waals surface area (Å²) in [6, 6.07) is 2.27. The SMILES string of the molecule is FC(F)(F)Oc1[c]csc1. The van der Waals surface area contributed by atoms with Crippen LogP contribution in [0.4, 0.5) is 13.2 Å². The van der Waals surface area contributed by atoms with Gasteiger partial charge in [-0.1, -0.05) is 0 Å². The molecule has 1 radical (unpaired) electrons. The minimum absolute atomic E-state index is 0.280. The predicted octanol–water partition coefficient (Wildman–Crippen LogP) is 2.45. The Kier molecular flexibility index (Phi) is 1.85. The minimum atomic E-state index is -4.60. The molecule has 0 bridgehead atoms. The van der Waals surface area contributed by atoms with Gasteiger partial charge in [0.05, 0.1) is 0 Å². The monoisotopic (exact) mass is 167 g/mol. The molecule has 0 saturated carbocycles. The molecular weight excluding hydrogens is 165 g/mol. The van der Waals surface area contributed by atoms with Crippen molar-refractivity contribution in [2.75, 3.05) is 0 Å². The molecule has 5 heteroatoms. The van der Waals surface area contributed by atoms with Gasteiger partial charge in [-0.25, -0.2) is 0 Å². The second kappa shape index (κ2) is 2.49. The lowest BCUT2D eigenvalue weighted by molar-refractivity contribution is -0.274. The zero-order valence-electron chi connectivity index (χ0n) is 4.61. The number of rotatable bonds is 1. The molecule has 0 unspecified atom stereocenters. The standard InChI is InChI=1S/C5H2F3OS/c6-5(7,8)9-4-1-2-10-3-4/h2-3H. The summed E-state index contributed by atoms with van der Waals surface area (Å²) in [5.74, 6) is -0.280. The molecule has 0 atom stereocenters. The predicted molar refractivity (Wildman–Crippen MR) is 29.8 cm³/mol. The van der Waals surface area contributed by atoms with Gasteiger partial charge >= 0.3 is 6.36 Å². The van der Waals surface area contributed by atoms with Crippen molar-refractivity contribution in [3.8, 4) is 5.75 Å². The zero-order chi connectivity index (χ0) is 7.61. The van der Waals surface area contributed by atoms with E-state index in [0.29, 0.717) is 0 Å². The highest BCUT2D eigenvalue weighted by Gasteiger charge is 2.31. The third kappa shape index (κ3) is 2.26. The molecule has 0 fully saturated rings. The third-order valence-electron chi connectivity index (χ3n) is 0.670. The fourth-order valence-corrected chi connectivity index (χ4v) is 0.892. The van der Waals surface area contributed by atoms with E-state index < -0.39 is 6.36 Å². The van der Waals surface area contributed by atoms with Crippen molar-refractivity contribution in [2.45, 2.75) is 6.36 Å². The van der Waals surface area contributed by atoms with Gasteiger partial charge in [0.15, 0.2) is 0 Å². The van der Waals surface area contributed by atoms with Crippen LogP contribution in [0.5, 0.6) is 5.75 Å². The highest BCUT2D eigenvalue weighted by Crippen LogP contribution is 2.23. The molecule has 0 amide bonds. The summed E-state index contributed by atoms with van der Waals surface area (Å²) in [6.07, 6.45) is -4.60. The highest BCUT2D eigenvalue weighted by atomic mass is 32.1. The molecule has 10 heavy (non-hydrogen) atoms. The van der Waals surface area contributed by atoms with Crippen LogP contribution in [-0.4, -0.2) is 6.36 Å². The van der Waals surface area contributed by atoms with Crippen molar-refractivity contribution in [3.63, 3.8) is 0 Å². The van der Waals surface area contributed by atoms with Crippen molar-refractivity contribution in [3.05, 3.63) is 16.8 Å². The molecule has 1 nitrogen and oxygen atoms in total. The van der Waals surface area contributed by atoms with Gasteiger partial charge in [-0.15, -0.1) is 24.5 Å². The van der Waals surface area contributed by atoms with E-state index >= 15 is 0 Å². The summed E-state index contributed by atoms with van der Waals surface area (Å²) in [7, 11) is 0. The third-order valence-corrected chi connectivity index (χ3v) is 1.27. The van der Waals surface area contributed by atoms with E-state index in [1.807, 2.05) is 0 Å². The van der Waals surface area contributed by atoms with Crippen LogP contribution < -0.4 is 4.74 Å². The molecule has 0 spiro atoms.